The lowest BCUT2D eigenvalue weighted by Crippen LogP contribution is -2.15. The van der Waals surface area contributed by atoms with Gasteiger partial charge in [0, 0.05) is 31.0 Å². The molecule has 1 heterocycles. The molecule has 0 aliphatic carbocycles. The third kappa shape index (κ3) is 5.71. The zero-order valence-electron chi connectivity index (χ0n) is 21.2. The predicted octanol–water partition coefficient (Wildman–Crippen LogP) is 5.86. The standard InChI is InChI=1S/C28H31N5O2S/c1-19(2)24-8-6-7-9-25(24)33-27(20-10-16-23(35-5)17-11-20)30-31-28(33)36-18-26(34)29-21-12-14-22(15-13-21)32(3)4/h6-17,19H,18H2,1-5H3,(H,29,34). The van der Waals surface area contributed by atoms with Crippen molar-refractivity contribution in [1.82, 2.24) is 14.8 Å². The van der Waals surface area contributed by atoms with E-state index in [1.54, 1.807) is 7.11 Å². The topological polar surface area (TPSA) is 72.3 Å². The maximum Gasteiger partial charge on any atom is 0.234 e. The molecule has 0 radical (unpaired) electrons. The molecule has 0 spiro atoms. The first-order valence-electron chi connectivity index (χ1n) is 11.8. The molecule has 0 aliphatic heterocycles. The summed E-state index contributed by atoms with van der Waals surface area (Å²) in [5.74, 6) is 1.90. The first kappa shape index (κ1) is 25.3. The molecular formula is C28H31N5O2S. The fraction of sp³-hybridized carbons (Fsp3) is 0.250. The van der Waals surface area contributed by atoms with Crippen LogP contribution < -0.4 is 15.0 Å². The molecule has 7 nitrogen and oxygen atoms in total. The van der Waals surface area contributed by atoms with E-state index < -0.39 is 0 Å². The van der Waals surface area contributed by atoms with Crippen molar-refractivity contribution >= 4 is 29.0 Å². The van der Waals surface area contributed by atoms with E-state index in [4.69, 9.17) is 4.74 Å². The fourth-order valence-corrected chi connectivity index (χ4v) is 4.60. The minimum Gasteiger partial charge on any atom is -0.497 e. The molecule has 36 heavy (non-hydrogen) atoms. The van der Waals surface area contributed by atoms with E-state index in [-0.39, 0.29) is 11.7 Å². The number of nitrogens with zero attached hydrogens (tertiary/aromatic N) is 4. The Morgan fingerprint density at radius 3 is 2.33 bits per heavy atom. The van der Waals surface area contributed by atoms with E-state index in [2.05, 4.69) is 41.5 Å². The van der Waals surface area contributed by atoms with E-state index in [1.807, 2.05) is 84.2 Å². The van der Waals surface area contributed by atoms with Gasteiger partial charge in [-0.15, -0.1) is 10.2 Å². The lowest BCUT2D eigenvalue weighted by molar-refractivity contribution is -0.113. The zero-order chi connectivity index (χ0) is 25.7. The highest BCUT2D eigenvalue weighted by Crippen LogP contribution is 2.32. The lowest BCUT2D eigenvalue weighted by atomic mass is 10.0. The van der Waals surface area contributed by atoms with Crippen LogP contribution in [0.3, 0.4) is 0 Å². The highest BCUT2D eigenvalue weighted by Gasteiger charge is 2.20. The first-order chi connectivity index (χ1) is 17.4. The smallest absolute Gasteiger partial charge is 0.234 e. The molecule has 4 rings (SSSR count). The second-order valence-electron chi connectivity index (χ2n) is 8.86. The van der Waals surface area contributed by atoms with E-state index >= 15 is 0 Å². The molecule has 0 atom stereocenters. The maximum absolute atomic E-state index is 12.8. The van der Waals surface area contributed by atoms with Crippen LogP contribution >= 0.6 is 11.8 Å². The van der Waals surface area contributed by atoms with Crippen molar-refractivity contribution in [3.05, 3.63) is 78.4 Å². The SMILES string of the molecule is COc1ccc(-c2nnc(SCC(=O)Nc3ccc(N(C)C)cc3)n2-c2ccccc2C(C)C)cc1. The van der Waals surface area contributed by atoms with Crippen LogP contribution in [-0.4, -0.2) is 47.6 Å². The van der Waals surface area contributed by atoms with Gasteiger partial charge in [0.15, 0.2) is 11.0 Å². The summed E-state index contributed by atoms with van der Waals surface area (Å²) < 4.78 is 7.36. The van der Waals surface area contributed by atoms with Gasteiger partial charge in [-0.05, 0) is 66.1 Å². The van der Waals surface area contributed by atoms with E-state index in [1.165, 1.54) is 17.3 Å². The monoisotopic (exact) mass is 501 g/mol. The van der Waals surface area contributed by atoms with Gasteiger partial charge in [-0.2, -0.15) is 0 Å². The van der Waals surface area contributed by atoms with Crippen LogP contribution in [0.4, 0.5) is 11.4 Å². The molecule has 1 N–H and O–H groups in total. The summed E-state index contributed by atoms with van der Waals surface area (Å²) in [5.41, 5.74) is 4.94. The molecule has 8 heteroatoms. The second kappa shape index (κ2) is 11.3. The summed E-state index contributed by atoms with van der Waals surface area (Å²) in [4.78, 5) is 14.8. The van der Waals surface area contributed by atoms with Crippen LogP contribution in [0.5, 0.6) is 5.75 Å². The Labute approximate surface area is 216 Å². The van der Waals surface area contributed by atoms with Gasteiger partial charge in [-0.1, -0.05) is 43.8 Å². The molecule has 186 valence electrons. The van der Waals surface area contributed by atoms with Crippen LogP contribution in [0.1, 0.15) is 25.3 Å². The van der Waals surface area contributed by atoms with Gasteiger partial charge in [-0.25, -0.2) is 0 Å². The summed E-state index contributed by atoms with van der Waals surface area (Å²) in [7, 11) is 5.61. The zero-order valence-corrected chi connectivity index (χ0v) is 22.0. The third-order valence-corrected chi connectivity index (χ3v) is 6.71. The molecule has 1 amide bonds. The summed E-state index contributed by atoms with van der Waals surface area (Å²) in [6.07, 6.45) is 0. The molecular weight excluding hydrogens is 470 g/mol. The third-order valence-electron chi connectivity index (χ3n) is 5.78. The van der Waals surface area contributed by atoms with Crippen molar-refractivity contribution in [2.24, 2.45) is 0 Å². The minimum atomic E-state index is -0.102. The van der Waals surface area contributed by atoms with E-state index in [0.29, 0.717) is 16.9 Å². The molecule has 1 aromatic heterocycles. The number of rotatable bonds is 9. The van der Waals surface area contributed by atoms with Crippen LogP contribution in [0, 0.1) is 0 Å². The number of nitrogens with one attached hydrogen (secondary N) is 1. The molecule has 0 unspecified atom stereocenters. The van der Waals surface area contributed by atoms with Crippen molar-refractivity contribution in [1.29, 1.82) is 0 Å². The Hall–Kier alpha value is -3.78. The molecule has 4 aromatic rings. The number of para-hydroxylation sites is 1. The van der Waals surface area contributed by atoms with Gasteiger partial charge in [0.25, 0.3) is 0 Å². The Bertz CT molecular complexity index is 1310. The van der Waals surface area contributed by atoms with Gasteiger partial charge in [0.2, 0.25) is 5.91 Å². The van der Waals surface area contributed by atoms with Crippen LogP contribution in [0.2, 0.25) is 0 Å². The van der Waals surface area contributed by atoms with Crippen molar-refractivity contribution in [3.8, 4) is 22.8 Å². The number of anilines is 2. The van der Waals surface area contributed by atoms with Crippen molar-refractivity contribution in [2.45, 2.75) is 24.9 Å². The number of hydrogen-bond acceptors (Lipinski definition) is 6. The van der Waals surface area contributed by atoms with Gasteiger partial charge in [-0.3, -0.25) is 9.36 Å². The first-order valence-corrected chi connectivity index (χ1v) is 12.7. The molecule has 0 aliphatic rings. The maximum atomic E-state index is 12.8. The van der Waals surface area contributed by atoms with E-state index in [0.717, 1.165) is 28.4 Å². The molecule has 0 bridgehead atoms. The average Bonchev–Trinajstić information content (AvgIpc) is 3.31. The highest BCUT2D eigenvalue weighted by atomic mass is 32.2. The van der Waals surface area contributed by atoms with Crippen molar-refractivity contribution < 1.29 is 9.53 Å². The quantitative estimate of drug-likeness (QED) is 0.290. The predicted molar refractivity (Wildman–Crippen MR) is 148 cm³/mol. The average molecular weight is 502 g/mol. The number of methoxy groups -OCH3 is 1. The summed E-state index contributed by atoms with van der Waals surface area (Å²) >= 11 is 1.37. The van der Waals surface area contributed by atoms with Crippen LogP contribution in [0.15, 0.2) is 78.0 Å². The largest absolute Gasteiger partial charge is 0.497 e. The second-order valence-corrected chi connectivity index (χ2v) is 9.80. The Kier molecular flexibility index (Phi) is 7.95. The lowest BCUT2D eigenvalue weighted by Gasteiger charge is -2.17. The molecule has 0 fully saturated rings. The van der Waals surface area contributed by atoms with Crippen LogP contribution in [0.25, 0.3) is 17.1 Å². The van der Waals surface area contributed by atoms with Gasteiger partial charge < -0.3 is 15.0 Å². The molecule has 0 saturated heterocycles. The molecule has 0 saturated carbocycles. The van der Waals surface area contributed by atoms with Crippen LogP contribution in [-0.2, 0) is 4.79 Å². The Morgan fingerprint density at radius 2 is 1.69 bits per heavy atom. The number of aromatic nitrogens is 3. The number of amides is 1. The van der Waals surface area contributed by atoms with Crippen molar-refractivity contribution in [2.75, 3.05) is 37.2 Å². The van der Waals surface area contributed by atoms with E-state index in [9.17, 15) is 4.79 Å². The Morgan fingerprint density at radius 1 is 1.00 bits per heavy atom. The van der Waals surface area contributed by atoms with Gasteiger partial charge >= 0.3 is 0 Å². The number of benzene rings is 3. The summed E-state index contributed by atoms with van der Waals surface area (Å²) in [5, 5.41) is 12.6. The van der Waals surface area contributed by atoms with Gasteiger partial charge in [0.1, 0.15) is 5.75 Å². The number of carbonyl (C=O) groups excluding carboxylic acids is 1. The number of hydrogen-bond donors (Lipinski definition) is 1. The number of carbonyl (C=O) groups is 1. The normalized spacial score (nSPS) is 10.9. The minimum absolute atomic E-state index is 0.102. The highest BCUT2D eigenvalue weighted by molar-refractivity contribution is 7.99. The van der Waals surface area contributed by atoms with Gasteiger partial charge in [0.05, 0.1) is 18.6 Å². The summed E-state index contributed by atoms with van der Waals surface area (Å²) in [6, 6.07) is 23.8. The fourth-order valence-electron chi connectivity index (χ4n) is 3.86. The summed E-state index contributed by atoms with van der Waals surface area (Å²) in [6.45, 7) is 4.33. The van der Waals surface area contributed by atoms with Crippen molar-refractivity contribution in [3.63, 3.8) is 0 Å². The number of thioether (sulfide) groups is 1. The Balaban J connectivity index is 1.62. The molecule has 3 aromatic carbocycles. The number of ether oxygens (including phenoxy) is 1.